The second-order valence-electron chi connectivity index (χ2n) is 17.7. The molecule has 64 heavy (non-hydrogen) atoms. The van der Waals surface area contributed by atoms with Gasteiger partial charge >= 0.3 is 12.2 Å². The van der Waals surface area contributed by atoms with Gasteiger partial charge in [-0.2, -0.15) is 8.78 Å². The molecule has 4 aromatic rings. The number of hydrogen-bond donors (Lipinski definition) is 3. The zero-order valence-corrected chi connectivity index (χ0v) is 36.4. The van der Waals surface area contributed by atoms with Gasteiger partial charge in [-0.15, -0.1) is 0 Å². The van der Waals surface area contributed by atoms with Crippen molar-refractivity contribution in [3.63, 3.8) is 0 Å². The maximum absolute atomic E-state index is 16.6. The molecule has 4 amide bonds. The summed E-state index contributed by atoms with van der Waals surface area (Å²) in [6.45, 7) is 5.83. The molecule has 1 aliphatic carbocycles. The van der Waals surface area contributed by atoms with Crippen molar-refractivity contribution in [2.24, 2.45) is 16.8 Å². The molecule has 336 valence electrons. The summed E-state index contributed by atoms with van der Waals surface area (Å²) >= 11 is 0. The molecule has 0 unspecified atom stereocenters. The van der Waals surface area contributed by atoms with E-state index in [-0.39, 0.29) is 46.9 Å². The van der Waals surface area contributed by atoms with E-state index in [1.165, 1.54) is 20.3 Å². The first-order valence-corrected chi connectivity index (χ1v) is 22.2. The van der Waals surface area contributed by atoms with Crippen molar-refractivity contribution in [2.75, 3.05) is 40.5 Å². The molecule has 3 aromatic carbocycles. The molecule has 14 nitrogen and oxygen atoms in total. The highest BCUT2D eigenvalue weighted by Gasteiger charge is 2.46. The second-order valence-corrected chi connectivity index (χ2v) is 17.7. The lowest BCUT2D eigenvalue weighted by Crippen LogP contribution is -2.53. The largest absolute Gasteiger partial charge is 0.453 e. The Balaban J connectivity index is 0.906. The van der Waals surface area contributed by atoms with E-state index in [9.17, 15) is 19.2 Å². The average Bonchev–Trinajstić information content (AvgIpc) is 4.17. The molecule has 0 radical (unpaired) electrons. The van der Waals surface area contributed by atoms with Gasteiger partial charge in [-0.25, -0.2) is 14.6 Å². The quantitative estimate of drug-likeness (QED) is 0.146. The molecule has 0 saturated carbocycles. The van der Waals surface area contributed by atoms with Gasteiger partial charge in [-0.1, -0.05) is 44.2 Å². The number of likely N-dealkylation sites (tertiary alicyclic amines) is 2. The van der Waals surface area contributed by atoms with Crippen LogP contribution in [0.2, 0.25) is 0 Å². The number of benzene rings is 3. The predicted molar refractivity (Wildman–Crippen MR) is 234 cm³/mol. The minimum Gasteiger partial charge on any atom is -0.453 e. The van der Waals surface area contributed by atoms with E-state index in [0.29, 0.717) is 85.8 Å². The van der Waals surface area contributed by atoms with Crippen molar-refractivity contribution in [3.05, 3.63) is 83.3 Å². The van der Waals surface area contributed by atoms with Gasteiger partial charge in [0.05, 0.1) is 43.9 Å². The highest BCUT2D eigenvalue weighted by Crippen LogP contribution is 2.53. The predicted octanol–water partition coefficient (Wildman–Crippen LogP) is 7.68. The van der Waals surface area contributed by atoms with Gasteiger partial charge < -0.3 is 39.6 Å². The molecule has 16 heteroatoms. The maximum atomic E-state index is 16.6. The minimum atomic E-state index is -3.28. The number of alkyl halides is 2. The number of fused-ring (bicyclic) bond motifs is 4. The zero-order chi connectivity index (χ0) is 44.9. The summed E-state index contributed by atoms with van der Waals surface area (Å²) < 4.78 is 48.3. The highest BCUT2D eigenvalue weighted by atomic mass is 19.3. The van der Waals surface area contributed by atoms with Crippen molar-refractivity contribution in [1.29, 1.82) is 0 Å². The van der Waals surface area contributed by atoms with E-state index in [1.54, 1.807) is 29.3 Å². The number of halogens is 2. The van der Waals surface area contributed by atoms with Crippen LogP contribution in [0.15, 0.2) is 65.8 Å². The molecule has 3 fully saturated rings. The van der Waals surface area contributed by atoms with Crippen LogP contribution in [0.5, 0.6) is 0 Å². The third-order valence-corrected chi connectivity index (χ3v) is 13.6. The van der Waals surface area contributed by atoms with Crippen molar-refractivity contribution in [1.82, 2.24) is 30.4 Å². The number of amides is 4. The smallest absolute Gasteiger partial charge is 0.407 e. The van der Waals surface area contributed by atoms with E-state index in [4.69, 9.17) is 19.2 Å². The lowest BCUT2D eigenvalue weighted by molar-refractivity contribution is -0.137. The SMILES string of the molecule is COC(=O)N[C@H](C(=O)N1CCC[C@H]1C1=Nc2ccc(-c3ccc4c(c3)C(F)(F)c3cc(-c5cnc([C@@H]6CCCN6C(=O)[C@@H](NC(=O)OC)C6CCOCC6)[nH]5)ccc3-4)cc2C1)C(C)C. The van der Waals surface area contributed by atoms with E-state index in [0.717, 1.165) is 41.8 Å². The van der Waals surface area contributed by atoms with E-state index in [1.807, 2.05) is 49.1 Å². The third kappa shape index (κ3) is 7.90. The Labute approximate surface area is 370 Å². The highest BCUT2D eigenvalue weighted by molar-refractivity contribution is 6.01. The summed E-state index contributed by atoms with van der Waals surface area (Å²) in [5.74, 6) is -3.34. The number of nitrogens with one attached hydrogen (secondary N) is 3. The number of hydrogen-bond acceptors (Lipinski definition) is 9. The summed E-state index contributed by atoms with van der Waals surface area (Å²) in [5, 5.41) is 5.46. The number of nitrogens with zero attached hydrogens (tertiary/aromatic N) is 4. The number of H-pyrrole nitrogens is 1. The fraction of sp³-hybridized carbons (Fsp3) is 0.458. The van der Waals surface area contributed by atoms with Gasteiger partial charge in [0, 0.05) is 55.1 Å². The van der Waals surface area contributed by atoms with Crippen molar-refractivity contribution >= 4 is 35.4 Å². The van der Waals surface area contributed by atoms with Crippen LogP contribution in [0.3, 0.4) is 0 Å². The number of aromatic nitrogens is 2. The number of imidazole rings is 1. The normalized spacial score (nSPS) is 20.9. The number of aromatic amines is 1. The molecule has 9 rings (SSSR count). The second kappa shape index (κ2) is 17.4. The molecular weight excluding hydrogens is 825 g/mol. The average molecular weight is 878 g/mol. The van der Waals surface area contributed by atoms with Crippen molar-refractivity contribution < 1.29 is 42.2 Å². The Morgan fingerprint density at radius 3 is 2.09 bits per heavy atom. The summed E-state index contributed by atoms with van der Waals surface area (Å²) in [5.41, 5.74) is 5.94. The maximum Gasteiger partial charge on any atom is 0.407 e. The van der Waals surface area contributed by atoms with Crippen molar-refractivity contribution in [2.45, 2.75) is 88.9 Å². The van der Waals surface area contributed by atoms with Crippen LogP contribution in [0.4, 0.5) is 24.1 Å². The molecule has 1 aromatic heterocycles. The number of carbonyl (C=O) groups is 4. The molecule has 3 saturated heterocycles. The van der Waals surface area contributed by atoms with Gasteiger partial charge in [-0.05, 0) is 102 Å². The standard InChI is InChI=1S/C48H53F2N7O7/c1-26(2)41(54-46(60)62-3)44(58)56-17-5-7-39(56)37-24-31-21-28(11-14-36(31)52-37)29-9-12-32-33-13-10-30(23-35(33)48(49,50)34(32)22-29)38-25-51-43(53-38)40-8-6-18-57(40)45(59)42(55-47(61)63-4)27-15-19-64-20-16-27/h9-14,21-23,25-27,39-42H,5-8,15-20,24H2,1-4H3,(H,51,53)(H,54,60)(H,55,61)/t39-,40-,41-,42-/m0/s1. The zero-order valence-electron chi connectivity index (χ0n) is 36.4. The molecule has 4 aliphatic heterocycles. The molecule has 5 heterocycles. The number of ether oxygens (including phenoxy) is 3. The monoisotopic (exact) mass is 877 g/mol. The van der Waals surface area contributed by atoms with E-state index in [2.05, 4.69) is 20.6 Å². The number of carbonyl (C=O) groups excluding carboxylic acids is 4. The topological polar surface area (TPSA) is 168 Å². The molecule has 0 spiro atoms. The van der Waals surface area contributed by atoms with Crippen LogP contribution < -0.4 is 10.6 Å². The fourth-order valence-electron chi connectivity index (χ4n) is 10.2. The first-order valence-electron chi connectivity index (χ1n) is 22.2. The van der Waals surface area contributed by atoms with Crippen LogP contribution in [0.25, 0.3) is 33.5 Å². The van der Waals surface area contributed by atoms with Crippen LogP contribution in [-0.2, 0) is 36.1 Å². The molecule has 5 aliphatic rings. The fourth-order valence-corrected chi connectivity index (χ4v) is 10.2. The van der Waals surface area contributed by atoms with Crippen LogP contribution in [-0.4, -0.2) is 108 Å². The third-order valence-electron chi connectivity index (χ3n) is 13.6. The van der Waals surface area contributed by atoms with Gasteiger partial charge in [-0.3, -0.25) is 14.6 Å². The first kappa shape index (κ1) is 43.1. The molecular formula is C48H53F2N7O7. The molecule has 4 atom stereocenters. The lowest BCUT2D eigenvalue weighted by Gasteiger charge is -2.34. The number of methoxy groups -OCH3 is 2. The Hall–Kier alpha value is -6.16. The summed E-state index contributed by atoms with van der Waals surface area (Å²) in [6.07, 6.45) is 5.06. The van der Waals surface area contributed by atoms with Gasteiger partial charge in [0.2, 0.25) is 11.8 Å². The van der Waals surface area contributed by atoms with E-state index < -0.39 is 30.2 Å². The Morgan fingerprint density at radius 2 is 1.41 bits per heavy atom. The minimum absolute atomic E-state index is 0.0694. The summed E-state index contributed by atoms with van der Waals surface area (Å²) in [7, 11) is 2.54. The Morgan fingerprint density at radius 1 is 0.797 bits per heavy atom. The molecule has 3 N–H and O–H groups in total. The summed E-state index contributed by atoms with van der Waals surface area (Å²) in [4.78, 5) is 68.6. The first-order chi connectivity index (χ1) is 30.9. The van der Waals surface area contributed by atoms with Gasteiger partial charge in [0.25, 0.3) is 5.92 Å². The Kier molecular flexibility index (Phi) is 11.7. The van der Waals surface area contributed by atoms with Crippen LogP contribution in [0.1, 0.15) is 80.9 Å². The number of alkyl carbamates (subject to hydrolysis) is 2. The number of rotatable bonds is 10. The number of aliphatic imine (C=N–C) groups is 1. The van der Waals surface area contributed by atoms with Crippen LogP contribution >= 0.6 is 0 Å². The van der Waals surface area contributed by atoms with E-state index >= 15 is 8.78 Å². The lowest BCUT2D eigenvalue weighted by atomic mass is 9.90. The summed E-state index contributed by atoms with van der Waals surface area (Å²) in [6, 6.07) is 14.0. The van der Waals surface area contributed by atoms with Gasteiger partial charge in [0.15, 0.2) is 0 Å². The Bertz CT molecular complexity index is 2520. The van der Waals surface area contributed by atoms with Gasteiger partial charge in [0.1, 0.15) is 17.9 Å². The van der Waals surface area contributed by atoms with Crippen LogP contribution in [0, 0.1) is 11.8 Å². The molecule has 0 bridgehead atoms. The van der Waals surface area contributed by atoms with Crippen molar-refractivity contribution in [3.8, 4) is 33.5 Å².